The molecule has 0 bridgehead atoms. The first-order chi connectivity index (χ1) is 24.6. The zero-order valence-electron chi connectivity index (χ0n) is 31.9. The molecule has 6 fully saturated rings. The third kappa shape index (κ3) is 7.07. The highest BCUT2D eigenvalue weighted by atomic mass is 16.8. The summed E-state index contributed by atoms with van der Waals surface area (Å²) in [5.41, 5.74) is -0.440. The van der Waals surface area contributed by atoms with Gasteiger partial charge in [0, 0.05) is 20.1 Å². The van der Waals surface area contributed by atoms with Crippen LogP contribution in [0.15, 0.2) is 12.2 Å². The Morgan fingerprint density at radius 3 is 2.12 bits per heavy atom. The number of aliphatic hydroxyl groups excluding tert-OH is 7. The number of rotatable bonds is 11. The van der Waals surface area contributed by atoms with Crippen LogP contribution < -0.4 is 0 Å². The van der Waals surface area contributed by atoms with Crippen molar-refractivity contribution in [1.29, 1.82) is 0 Å². The maximum atomic E-state index is 11.7. The van der Waals surface area contributed by atoms with Gasteiger partial charge in [0.1, 0.15) is 36.6 Å². The molecular weight excluding hydrogens is 676 g/mol. The largest absolute Gasteiger partial charge is 0.394 e. The summed E-state index contributed by atoms with van der Waals surface area (Å²) in [7, 11) is 2.90. The lowest BCUT2D eigenvalue weighted by Gasteiger charge is -2.63. The molecule has 6 aliphatic rings. The normalized spacial score (nSPS) is 52.0. The minimum atomic E-state index is -1.23. The van der Waals surface area contributed by atoms with Gasteiger partial charge in [0.05, 0.1) is 43.7 Å². The Morgan fingerprint density at radius 1 is 0.769 bits per heavy atom. The van der Waals surface area contributed by atoms with E-state index in [1.807, 2.05) is 19.9 Å². The number of hydrogen-bond acceptors (Lipinski definition) is 13. The summed E-state index contributed by atoms with van der Waals surface area (Å²) in [6.07, 6.45) is -2.69. The van der Waals surface area contributed by atoms with Crippen LogP contribution in [-0.4, -0.2) is 143 Å². The van der Waals surface area contributed by atoms with E-state index in [9.17, 15) is 35.7 Å². The number of fused-ring (bicyclic) bond motifs is 5. The van der Waals surface area contributed by atoms with Gasteiger partial charge in [0.25, 0.3) is 0 Å². The van der Waals surface area contributed by atoms with Crippen LogP contribution in [0.3, 0.4) is 0 Å². The number of methoxy groups -OCH3 is 2. The van der Waals surface area contributed by atoms with E-state index in [2.05, 4.69) is 26.8 Å². The lowest BCUT2D eigenvalue weighted by atomic mass is 9.43. The molecule has 2 aliphatic heterocycles. The maximum absolute atomic E-state index is 11.7. The van der Waals surface area contributed by atoms with Crippen molar-refractivity contribution in [3.63, 3.8) is 0 Å². The first-order valence-electron chi connectivity index (χ1n) is 19.6. The Hall–Kier alpha value is -0.780. The van der Waals surface area contributed by atoms with Gasteiger partial charge in [-0.15, -0.1) is 0 Å². The quantitative estimate of drug-likeness (QED) is 0.150. The van der Waals surface area contributed by atoms with E-state index in [4.69, 9.17) is 28.4 Å². The monoisotopic (exact) mass is 742 g/mol. The Bertz CT molecular complexity index is 1220. The van der Waals surface area contributed by atoms with E-state index in [1.54, 1.807) is 0 Å². The van der Waals surface area contributed by atoms with Crippen molar-refractivity contribution in [2.45, 2.75) is 153 Å². The van der Waals surface area contributed by atoms with Crippen molar-refractivity contribution in [2.24, 2.45) is 52.3 Å². The van der Waals surface area contributed by atoms with Crippen molar-refractivity contribution in [2.75, 3.05) is 27.4 Å². The highest BCUT2D eigenvalue weighted by Crippen LogP contribution is 2.68. The fraction of sp³-hybridized carbons (Fsp3) is 0.949. The van der Waals surface area contributed by atoms with Gasteiger partial charge in [-0.25, -0.2) is 0 Å². The second-order valence-corrected chi connectivity index (χ2v) is 17.8. The highest BCUT2D eigenvalue weighted by Gasteiger charge is 2.66. The number of allylic oxidation sites excluding steroid dienone is 1. The van der Waals surface area contributed by atoms with Crippen LogP contribution in [0, 0.1) is 52.3 Å². The fourth-order valence-electron chi connectivity index (χ4n) is 11.9. The smallest absolute Gasteiger partial charge is 0.187 e. The fourth-order valence-corrected chi connectivity index (χ4v) is 11.9. The first-order valence-corrected chi connectivity index (χ1v) is 19.6. The van der Waals surface area contributed by atoms with Crippen LogP contribution in [0.2, 0.25) is 0 Å². The SMILES string of the molecule is CO[C@H]1[C@H](O[C@H]2[C@H](O[C@@H](/C=C/[C@@H](C)[C@H]3C[C@@H](O)[C@H]4[C@@H]5C[C@H](O)[C@H]6[C@@H](O)[C@@H](O)CC[C@]6(C)[C@H]5CC[C@@]43C)C(C)C)O[C@H](CO)[C@@H]2O)OC[C@@H](OC)[C@@H]1O. The van der Waals surface area contributed by atoms with Crippen LogP contribution in [0.5, 0.6) is 0 Å². The minimum Gasteiger partial charge on any atom is -0.394 e. The summed E-state index contributed by atoms with van der Waals surface area (Å²) in [4.78, 5) is 0. The summed E-state index contributed by atoms with van der Waals surface area (Å²) >= 11 is 0. The Morgan fingerprint density at radius 2 is 1.46 bits per heavy atom. The standard InChI is InChI=1S/C39H66O13/c1-18(2)26(50-37-35(32(45)27(16-40)51-37)52-36-34(48-7)33(46)28(47-6)17-49-36)9-8-19(3)22-15-25(43)29-20-14-24(42)30-31(44)23(41)11-13-38(30,4)21(20)10-12-39(22,29)5/h8-9,18-37,40-46H,10-17H2,1-7H3/b9-8+/t19-,20-,21+,22-,23+,24+,25-,26+,27-,28-,29-,30+,31+,32+,33+,34-,35-,36+,37-,38-,39-/m1/s1. The van der Waals surface area contributed by atoms with E-state index >= 15 is 0 Å². The maximum Gasteiger partial charge on any atom is 0.187 e. The van der Waals surface area contributed by atoms with Gasteiger partial charge in [0.2, 0.25) is 0 Å². The molecule has 7 N–H and O–H groups in total. The molecule has 2 heterocycles. The van der Waals surface area contributed by atoms with Crippen LogP contribution in [0.1, 0.15) is 73.1 Å². The molecule has 4 saturated carbocycles. The molecule has 21 atom stereocenters. The molecule has 0 aromatic rings. The van der Waals surface area contributed by atoms with Crippen molar-refractivity contribution in [3.8, 4) is 0 Å². The second-order valence-electron chi connectivity index (χ2n) is 17.8. The molecule has 0 spiro atoms. The molecular formula is C39H66O13. The van der Waals surface area contributed by atoms with Gasteiger partial charge in [0.15, 0.2) is 12.6 Å². The molecule has 13 nitrogen and oxygen atoms in total. The van der Waals surface area contributed by atoms with Crippen molar-refractivity contribution in [1.82, 2.24) is 0 Å². The molecule has 2 saturated heterocycles. The van der Waals surface area contributed by atoms with Gasteiger partial charge in [-0.2, -0.15) is 0 Å². The summed E-state index contributed by atoms with van der Waals surface area (Å²) in [6, 6.07) is 0. The summed E-state index contributed by atoms with van der Waals surface area (Å²) < 4.78 is 35.3. The lowest BCUT2D eigenvalue weighted by molar-refractivity contribution is -0.311. The van der Waals surface area contributed by atoms with Crippen LogP contribution in [0.4, 0.5) is 0 Å². The van der Waals surface area contributed by atoms with Gasteiger partial charge in [-0.05, 0) is 84.9 Å². The molecule has 6 rings (SSSR count). The molecule has 0 radical (unpaired) electrons. The Labute approximate surface area is 308 Å². The molecule has 52 heavy (non-hydrogen) atoms. The summed E-state index contributed by atoms with van der Waals surface area (Å²) in [6.45, 7) is 10.3. The predicted molar refractivity (Wildman–Crippen MR) is 187 cm³/mol. The van der Waals surface area contributed by atoms with Crippen LogP contribution in [0.25, 0.3) is 0 Å². The summed E-state index contributed by atoms with van der Waals surface area (Å²) in [5, 5.41) is 76.4. The van der Waals surface area contributed by atoms with Gasteiger partial charge >= 0.3 is 0 Å². The first kappa shape index (κ1) is 40.9. The molecule has 300 valence electrons. The number of ether oxygens (including phenoxy) is 6. The summed E-state index contributed by atoms with van der Waals surface area (Å²) in [5.74, 6) is 0.356. The van der Waals surface area contributed by atoms with E-state index in [0.717, 1.165) is 19.3 Å². The molecule has 4 aliphatic carbocycles. The zero-order chi connectivity index (χ0) is 37.9. The van der Waals surface area contributed by atoms with E-state index < -0.39 is 86.3 Å². The number of aliphatic hydroxyl groups is 7. The third-order valence-corrected chi connectivity index (χ3v) is 14.7. The number of hydrogen-bond donors (Lipinski definition) is 7. The molecule has 13 heteroatoms. The predicted octanol–water partition coefficient (Wildman–Crippen LogP) is 1.36. The Kier molecular flexibility index (Phi) is 12.6. The van der Waals surface area contributed by atoms with E-state index in [0.29, 0.717) is 19.3 Å². The molecule has 0 unspecified atom stereocenters. The zero-order valence-corrected chi connectivity index (χ0v) is 31.9. The van der Waals surface area contributed by atoms with Crippen molar-refractivity contribution < 1.29 is 64.2 Å². The third-order valence-electron chi connectivity index (χ3n) is 14.7. The average Bonchev–Trinajstić information content (AvgIpc) is 3.55. The highest BCUT2D eigenvalue weighted by molar-refractivity contribution is 5.16. The van der Waals surface area contributed by atoms with E-state index in [-0.39, 0.29) is 58.9 Å². The lowest BCUT2D eigenvalue weighted by Crippen LogP contribution is -2.63. The molecule has 0 aromatic carbocycles. The van der Waals surface area contributed by atoms with Gasteiger partial charge < -0.3 is 64.2 Å². The molecule has 0 aromatic heterocycles. The topological polar surface area (TPSA) is 197 Å². The van der Waals surface area contributed by atoms with Gasteiger partial charge in [-0.3, -0.25) is 0 Å². The second kappa shape index (κ2) is 16.0. The van der Waals surface area contributed by atoms with Crippen molar-refractivity contribution in [3.05, 3.63) is 12.2 Å². The van der Waals surface area contributed by atoms with Crippen molar-refractivity contribution >= 4 is 0 Å². The van der Waals surface area contributed by atoms with Crippen LogP contribution in [-0.2, 0) is 28.4 Å². The van der Waals surface area contributed by atoms with Crippen LogP contribution >= 0.6 is 0 Å². The van der Waals surface area contributed by atoms with E-state index in [1.165, 1.54) is 14.2 Å². The minimum absolute atomic E-state index is 0.00896. The average molecular weight is 743 g/mol. The van der Waals surface area contributed by atoms with Gasteiger partial charge in [-0.1, -0.05) is 46.8 Å². The Balaban J connectivity index is 1.15. The molecule has 0 amide bonds.